The average molecular weight is 1340 g/mol. The predicted octanol–water partition coefficient (Wildman–Crippen LogP) is 26.0. The molecule has 2 saturated carbocycles. The van der Waals surface area contributed by atoms with E-state index in [2.05, 4.69) is 265 Å². The first kappa shape index (κ1) is 86.1. The van der Waals surface area contributed by atoms with E-state index in [9.17, 15) is 9.59 Å². The van der Waals surface area contributed by atoms with Gasteiger partial charge in [0.1, 0.15) is 28.8 Å². The van der Waals surface area contributed by atoms with Crippen molar-refractivity contribution >= 4 is 17.3 Å². The number of ether oxygens (including phenoxy) is 3. The molecule has 98 heavy (non-hydrogen) atoms. The highest BCUT2D eigenvalue weighted by molar-refractivity contribution is 5.78. The zero-order valence-electron chi connectivity index (χ0n) is 66.5. The van der Waals surface area contributed by atoms with E-state index in [4.69, 9.17) is 14.2 Å². The Morgan fingerprint density at radius 1 is 0.347 bits per heavy atom. The minimum Gasteiger partial charge on any atom is -0.494 e. The van der Waals surface area contributed by atoms with Crippen LogP contribution in [0.1, 0.15) is 312 Å². The highest BCUT2D eigenvalue weighted by Gasteiger charge is 2.20. The Kier molecular flexibility index (Phi) is 38.2. The number of unbranched alkanes of at least 4 members (excludes halogenated alkanes) is 4. The minimum absolute atomic E-state index is 0.186. The van der Waals surface area contributed by atoms with Crippen LogP contribution in [0.2, 0.25) is 0 Å². The maximum atomic E-state index is 10.9. The van der Waals surface area contributed by atoms with Crippen LogP contribution in [0.15, 0.2) is 146 Å². The Balaban J connectivity index is 0.000000307. The minimum atomic E-state index is 0.186. The molecule has 2 fully saturated rings. The van der Waals surface area contributed by atoms with Gasteiger partial charge in [0.2, 0.25) is 0 Å². The molecule has 6 aromatic rings. The molecule has 0 saturated heterocycles. The van der Waals surface area contributed by atoms with Crippen molar-refractivity contribution < 1.29 is 23.8 Å². The van der Waals surface area contributed by atoms with Crippen molar-refractivity contribution in [2.45, 2.75) is 313 Å². The molecule has 1 N–H and O–H groups in total. The molecule has 544 valence electrons. The van der Waals surface area contributed by atoms with Crippen LogP contribution in [0.5, 0.6) is 17.2 Å². The molecular formula is C92H141NO5. The molecule has 2 aliphatic carbocycles. The van der Waals surface area contributed by atoms with Crippen LogP contribution < -0.4 is 19.5 Å². The number of carbonyl (C=O) groups is 2. The maximum Gasteiger partial charge on any atom is 0.134 e. The Labute approximate surface area is 601 Å². The number of Topliss-reactive ketones (excluding diaryl/α,β-unsaturated/α-hetero) is 2. The third kappa shape index (κ3) is 37.3. The van der Waals surface area contributed by atoms with Crippen molar-refractivity contribution in [3.8, 4) is 17.2 Å². The van der Waals surface area contributed by atoms with E-state index >= 15 is 0 Å². The van der Waals surface area contributed by atoms with Gasteiger partial charge in [0.05, 0.1) is 19.8 Å². The summed E-state index contributed by atoms with van der Waals surface area (Å²) in [5.41, 5.74) is 13.5. The molecule has 0 aromatic heterocycles. The molecular weight excluding hydrogens is 1200 g/mol. The molecule has 0 bridgehead atoms. The average Bonchev–Trinajstić information content (AvgIpc) is 0.916. The first-order valence-electron chi connectivity index (χ1n) is 38.2. The van der Waals surface area contributed by atoms with E-state index in [-0.39, 0.29) is 44.1 Å². The van der Waals surface area contributed by atoms with Crippen LogP contribution in [0.4, 0.5) is 5.69 Å². The van der Waals surface area contributed by atoms with E-state index in [0.29, 0.717) is 12.8 Å². The Morgan fingerprint density at radius 3 is 0.949 bits per heavy atom. The number of ketones is 2. The molecule has 2 aliphatic rings. The van der Waals surface area contributed by atoms with Crippen LogP contribution >= 0.6 is 0 Å². The summed E-state index contributed by atoms with van der Waals surface area (Å²) in [6.07, 6.45) is 24.5. The van der Waals surface area contributed by atoms with Crippen molar-refractivity contribution in [2.75, 3.05) is 31.7 Å². The summed E-state index contributed by atoms with van der Waals surface area (Å²) < 4.78 is 16.9. The van der Waals surface area contributed by atoms with Crippen LogP contribution in [0, 0.1) is 11.8 Å². The molecule has 0 aliphatic heterocycles. The maximum absolute atomic E-state index is 10.9. The standard InChI is InChI=1S/C17H27N.C17H26O2.C17H26.2C14H22O.C13H18O/c1-17(2,3)15-9-11-16(12-10-15)18-13-14-7-5-4-6-8-14;1-14(18)8-6-5-7-13-19-16-11-9-15(10-12-16)17(2,3)4;1-17(2,3)16-11-9-15(10-12-16)13-14-7-5-4-6-8-14;2*1-5-6-11-15-13-9-7-12(8-10-13)14(2,3)4;1-10(14)9-11-5-7-12(8-6-11)13(2,3)4/h9-12,14,18H,4-8,13H2,1-3H3;9-12H,5-8,13H2,1-4H3;9-12,14H,4-8,13H2,1-3H3;2*7-10H,5-6,11H2,1-4H3;5-8H,9H2,1-4H3. The Morgan fingerprint density at radius 2 is 0.643 bits per heavy atom. The number of anilines is 1. The summed E-state index contributed by atoms with van der Waals surface area (Å²) in [4.78, 5) is 21.7. The third-order valence-corrected chi connectivity index (χ3v) is 18.5. The summed E-state index contributed by atoms with van der Waals surface area (Å²) >= 11 is 0. The van der Waals surface area contributed by atoms with Crippen molar-refractivity contribution in [3.63, 3.8) is 0 Å². The lowest BCUT2D eigenvalue weighted by Crippen LogP contribution is -2.17. The summed E-state index contributed by atoms with van der Waals surface area (Å²) in [6, 6.07) is 51.8. The lowest BCUT2D eigenvalue weighted by atomic mass is 9.83. The van der Waals surface area contributed by atoms with Gasteiger partial charge >= 0.3 is 0 Å². The van der Waals surface area contributed by atoms with E-state index in [1.807, 2.05) is 24.3 Å². The van der Waals surface area contributed by atoms with Gasteiger partial charge in [-0.05, 0) is 203 Å². The van der Waals surface area contributed by atoms with Crippen molar-refractivity contribution in [2.24, 2.45) is 11.8 Å². The second kappa shape index (κ2) is 43.5. The number of carbonyl (C=O) groups excluding carboxylic acids is 2. The molecule has 6 heteroatoms. The van der Waals surface area contributed by atoms with E-state index < -0.39 is 0 Å². The van der Waals surface area contributed by atoms with Gasteiger partial charge in [-0.25, -0.2) is 0 Å². The monoisotopic (exact) mass is 1340 g/mol. The molecule has 0 heterocycles. The number of hydrogen-bond acceptors (Lipinski definition) is 6. The molecule has 6 nitrogen and oxygen atoms in total. The molecule has 0 spiro atoms. The fourth-order valence-electron chi connectivity index (χ4n) is 11.7. The van der Waals surface area contributed by atoms with Crippen molar-refractivity contribution in [3.05, 3.63) is 190 Å². The lowest BCUT2D eigenvalue weighted by Gasteiger charge is -2.23. The summed E-state index contributed by atoms with van der Waals surface area (Å²) in [5.74, 6) is 5.23. The molecule has 0 amide bonds. The quantitative estimate of drug-likeness (QED) is 0.0683. The van der Waals surface area contributed by atoms with Gasteiger partial charge in [-0.2, -0.15) is 0 Å². The fourth-order valence-corrected chi connectivity index (χ4v) is 11.7. The van der Waals surface area contributed by atoms with E-state index in [1.165, 1.54) is 128 Å². The Hall–Kier alpha value is -6.14. The van der Waals surface area contributed by atoms with Gasteiger partial charge in [-0.1, -0.05) is 300 Å². The van der Waals surface area contributed by atoms with Crippen LogP contribution in [-0.4, -0.2) is 37.9 Å². The van der Waals surface area contributed by atoms with Crippen molar-refractivity contribution in [1.29, 1.82) is 0 Å². The zero-order chi connectivity index (χ0) is 73.0. The Bertz CT molecular complexity index is 2980. The van der Waals surface area contributed by atoms with Gasteiger partial charge in [-0.15, -0.1) is 0 Å². The van der Waals surface area contributed by atoms with Gasteiger partial charge in [0.25, 0.3) is 0 Å². The highest BCUT2D eigenvalue weighted by Crippen LogP contribution is 2.32. The van der Waals surface area contributed by atoms with Gasteiger partial charge in [-0.3, -0.25) is 4.79 Å². The van der Waals surface area contributed by atoms with Crippen LogP contribution in [0.3, 0.4) is 0 Å². The second-order valence-electron chi connectivity index (χ2n) is 34.3. The summed E-state index contributed by atoms with van der Waals surface area (Å²) in [7, 11) is 0. The number of benzene rings is 6. The van der Waals surface area contributed by atoms with Crippen LogP contribution in [-0.2, 0) is 54.9 Å². The molecule has 8 rings (SSSR count). The smallest absolute Gasteiger partial charge is 0.134 e. The normalized spacial score (nSPS) is 13.8. The molecule has 6 aromatic carbocycles. The number of nitrogens with one attached hydrogen (secondary N) is 1. The largest absolute Gasteiger partial charge is 0.494 e. The second-order valence-corrected chi connectivity index (χ2v) is 34.3. The topological polar surface area (TPSA) is 73.9 Å². The lowest BCUT2D eigenvalue weighted by molar-refractivity contribution is -0.117. The van der Waals surface area contributed by atoms with Gasteiger partial charge in [0.15, 0.2) is 0 Å². The highest BCUT2D eigenvalue weighted by atomic mass is 16.5. The van der Waals surface area contributed by atoms with E-state index in [1.54, 1.807) is 13.8 Å². The first-order valence-corrected chi connectivity index (χ1v) is 38.2. The first-order chi connectivity index (χ1) is 46.0. The summed E-state index contributed by atoms with van der Waals surface area (Å²) in [5, 5.41) is 3.59. The fraction of sp³-hybridized carbons (Fsp3) is 0.587. The molecule has 0 atom stereocenters. The zero-order valence-corrected chi connectivity index (χ0v) is 66.5. The van der Waals surface area contributed by atoms with Gasteiger partial charge < -0.3 is 24.3 Å². The summed E-state index contributed by atoms with van der Waals surface area (Å²) in [6.45, 7) is 51.3. The van der Waals surface area contributed by atoms with Gasteiger partial charge in [0, 0.05) is 25.1 Å². The predicted molar refractivity (Wildman–Crippen MR) is 426 cm³/mol. The number of rotatable bonds is 22. The molecule has 0 unspecified atom stereocenters. The molecule has 0 radical (unpaired) electrons. The number of hydrogen-bond donors (Lipinski definition) is 1. The SMILES string of the molecule is CC(=O)CCCCCOc1ccc(C(C)(C)C)cc1.CC(=O)Cc1ccc(C(C)(C)C)cc1.CC(C)(C)c1ccc(CC2CCCCC2)cc1.CC(C)(C)c1ccc(NCC2CCCCC2)cc1.CCCCOc1ccc(C(C)(C)C)cc1.CCCCOc1ccc(C(C)(C)C)cc1. The van der Waals surface area contributed by atoms with Crippen LogP contribution in [0.25, 0.3) is 0 Å². The third-order valence-electron chi connectivity index (χ3n) is 18.5. The van der Waals surface area contributed by atoms with Crippen molar-refractivity contribution in [1.82, 2.24) is 0 Å². The van der Waals surface area contributed by atoms with E-state index in [0.717, 1.165) is 93.1 Å².